The number of thiazole rings is 1. The van der Waals surface area contributed by atoms with Crippen LogP contribution < -0.4 is 14.3 Å². The van der Waals surface area contributed by atoms with Gasteiger partial charge in [0.2, 0.25) is 0 Å². The average molecular weight is 391 g/mol. The minimum Gasteiger partial charge on any atom is -0.486 e. The quantitative estimate of drug-likeness (QED) is 0.505. The standard InChI is InChI=1S/C16H13N3O5S2/c1-2-18-9-7-10-11(24-6-5-23-10)8-13(9)26-16(18)17-15(20)12-3-4-14(25-12)19(21)22/h3-4,7-8H,2,5-6H2,1H3. The summed E-state index contributed by atoms with van der Waals surface area (Å²) in [7, 11) is 0. The molecule has 10 heteroatoms. The van der Waals surface area contributed by atoms with E-state index in [-0.39, 0.29) is 9.88 Å². The van der Waals surface area contributed by atoms with Gasteiger partial charge in [-0.1, -0.05) is 22.7 Å². The van der Waals surface area contributed by atoms with Crippen molar-refractivity contribution in [1.82, 2.24) is 4.57 Å². The zero-order chi connectivity index (χ0) is 18.3. The van der Waals surface area contributed by atoms with E-state index in [1.165, 1.54) is 23.5 Å². The number of nitro groups is 1. The minimum atomic E-state index is -0.516. The lowest BCUT2D eigenvalue weighted by atomic mass is 10.2. The van der Waals surface area contributed by atoms with Gasteiger partial charge in [-0.25, -0.2) is 0 Å². The molecule has 0 bridgehead atoms. The van der Waals surface area contributed by atoms with E-state index in [4.69, 9.17) is 9.47 Å². The van der Waals surface area contributed by atoms with E-state index < -0.39 is 10.8 Å². The molecule has 0 saturated heterocycles. The van der Waals surface area contributed by atoms with Crippen molar-refractivity contribution < 1.29 is 19.2 Å². The van der Waals surface area contributed by atoms with Crippen LogP contribution in [0.2, 0.25) is 0 Å². The van der Waals surface area contributed by atoms with Crippen LogP contribution in [-0.4, -0.2) is 28.6 Å². The molecule has 1 aliphatic heterocycles. The summed E-state index contributed by atoms with van der Waals surface area (Å²) in [5, 5.41) is 10.7. The van der Waals surface area contributed by atoms with Gasteiger partial charge in [-0.2, -0.15) is 4.99 Å². The Kier molecular flexibility index (Phi) is 4.21. The molecule has 0 fully saturated rings. The number of hydrogen-bond acceptors (Lipinski definition) is 7. The van der Waals surface area contributed by atoms with Crippen LogP contribution in [0, 0.1) is 10.1 Å². The largest absolute Gasteiger partial charge is 0.486 e. The second-order valence-corrected chi connectivity index (χ2v) is 7.48. The van der Waals surface area contributed by atoms with E-state index in [0.29, 0.717) is 36.1 Å². The van der Waals surface area contributed by atoms with E-state index in [2.05, 4.69) is 4.99 Å². The van der Waals surface area contributed by atoms with Gasteiger partial charge in [0.1, 0.15) is 18.1 Å². The summed E-state index contributed by atoms with van der Waals surface area (Å²) in [6, 6.07) is 6.52. The maximum absolute atomic E-state index is 12.4. The van der Waals surface area contributed by atoms with Crippen molar-refractivity contribution >= 4 is 43.8 Å². The highest BCUT2D eigenvalue weighted by molar-refractivity contribution is 7.17. The number of amides is 1. The summed E-state index contributed by atoms with van der Waals surface area (Å²) < 4.78 is 14.1. The Balaban J connectivity index is 1.80. The topological polar surface area (TPSA) is 96.0 Å². The number of fused-ring (bicyclic) bond motifs is 2. The Bertz CT molecular complexity index is 1100. The smallest absolute Gasteiger partial charge is 0.324 e. The first kappa shape index (κ1) is 16.7. The van der Waals surface area contributed by atoms with Gasteiger partial charge in [0.05, 0.1) is 15.1 Å². The van der Waals surface area contributed by atoms with Crippen LogP contribution in [0.5, 0.6) is 11.5 Å². The van der Waals surface area contributed by atoms with Crippen molar-refractivity contribution in [3.63, 3.8) is 0 Å². The zero-order valence-electron chi connectivity index (χ0n) is 13.6. The highest BCUT2D eigenvalue weighted by atomic mass is 32.1. The normalized spacial score (nSPS) is 14.0. The molecule has 0 aliphatic carbocycles. The van der Waals surface area contributed by atoms with E-state index in [9.17, 15) is 14.9 Å². The molecule has 0 spiro atoms. The summed E-state index contributed by atoms with van der Waals surface area (Å²) in [6.45, 7) is 3.59. The van der Waals surface area contributed by atoms with Crippen molar-refractivity contribution in [2.45, 2.75) is 13.5 Å². The summed E-state index contributed by atoms with van der Waals surface area (Å²) in [4.78, 5) is 27.6. The van der Waals surface area contributed by atoms with Gasteiger partial charge in [0.25, 0.3) is 5.91 Å². The van der Waals surface area contributed by atoms with Gasteiger partial charge < -0.3 is 14.0 Å². The number of aromatic nitrogens is 1. The molecule has 2 aromatic heterocycles. The number of nitrogens with zero attached hydrogens (tertiary/aromatic N) is 3. The van der Waals surface area contributed by atoms with Crippen LogP contribution in [0.1, 0.15) is 16.6 Å². The van der Waals surface area contributed by atoms with Gasteiger partial charge >= 0.3 is 5.00 Å². The maximum atomic E-state index is 12.4. The number of thiophene rings is 1. The Labute approximate surface area is 155 Å². The molecule has 1 aromatic carbocycles. The fraction of sp³-hybridized carbons (Fsp3) is 0.250. The van der Waals surface area contributed by atoms with Crippen molar-refractivity contribution in [1.29, 1.82) is 0 Å². The molecule has 0 atom stereocenters. The highest BCUT2D eigenvalue weighted by Gasteiger charge is 2.18. The number of rotatable bonds is 3. The van der Waals surface area contributed by atoms with Crippen LogP contribution >= 0.6 is 22.7 Å². The lowest BCUT2D eigenvalue weighted by Gasteiger charge is -2.18. The Morgan fingerprint density at radius 2 is 2.00 bits per heavy atom. The summed E-state index contributed by atoms with van der Waals surface area (Å²) in [6.07, 6.45) is 0. The monoisotopic (exact) mass is 391 g/mol. The van der Waals surface area contributed by atoms with Crippen LogP contribution in [-0.2, 0) is 6.54 Å². The van der Waals surface area contributed by atoms with E-state index >= 15 is 0 Å². The van der Waals surface area contributed by atoms with Crippen LogP contribution in [0.3, 0.4) is 0 Å². The average Bonchev–Trinajstić information content (AvgIpc) is 3.24. The van der Waals surface area contributed by atoms with Gasteiger partial charge in [-0.3, -0.25) is 14.9 Å². The zero-order valence-corrected chi connectivity index (χ0v) is 15.3. The molecule has 1 aliphatic rings. The summed E-state index contributed by atoms with van der Waals surface area (Å²) >= 11 is 2.19. The molecule has 134 valence electrons. The van der Waals surface area contributed by atoms with Crippen LogP contribution in [0.15, 0.2) is 29.3 Å². The molecule has 0 unspecified atom stereocenters. The number of carbonyl (C=O) groups excluding carboxylic acids is 1. The number of ether oxygens (including phenoxy) is 2. The molecule has 0 radical (unpaired) electrons. The Hall–Kier alpha value is -2.72. The molecule has 8 nitrogen and oxygen atoms in total. The van der Waals surface area contributed by atoms with Crippen molar-refractivity contribution in [3.05, 3.63) is 44.1 Å². The third kappa shape index (κ3) is 2.86. The molecular weight excluding hydrogens is 378 g/mol. The fourth-order valence-electron chi connectivity index (χ4n) is 2.68. The first-order chi connectivity index (χ1) is 12.6. The van der Waals surface area contributed by atoms with Crippen molar-refractivity contribution in [2.24, 2.45) is 4.99 Å². The van der Waals surface area contributed by atoms with Gasteiger partial charge in [0.15, 0.2) is 16.3 Å². The molecule has 0 saturated carbocycles. The highest BCUT2D eigenvalue weighted by Crippen LogP contribution is 2.35. The second kappa shape index (κ2) is 6.54. The first-order valence-corrected chi connectivity index (χ1v) is 9.46. The first-order valence-electron chi connectivity index (χ1n) is 7.83. The molecule has 0 N–H and O–H groups in total. The summed E-state index contributed by atoms with van der Waals surface area (Å²) in [5.41, 5.74) is 0.908. The van der Waals surface area contributed by atoms with Crippen molar-refractivity contribution in [3.8, 4) is 11.5 Å². The van der Waals surface area contributed by atoms with E-state index in [0.717, 1.165) is 21.6 Å². The van der Waals surface area contributed by atoms with Crippen LogP contribution in [0.4, 0.5) is 5.00 Å². The maximum Gasteiger partial charge on any atom is 0.324 e. The number of hydrogen-bond donors (Lipinski definition) is 0. The molecule has 3 heterocycles. The van der Waals surface area contributed by atoms with Gasteiger partial charge in [-0.15, -0.1) is 0 Å². The van der Waals surface area contributed by atoms with E-state index in [1.807, 2.05) is 23.6 Å². The third-order valence-electron chi connectivity index (χ3n) is 3.84. The molecule has 4 rings (SSSR count). The lowest BCUT2D eigenvalue weighted by Crippen LogP contribution is -2.16. The predicted octanol–water partition coefficient (Wildman–Crippen LogP) is 3.20. The number of aryl methyl sites for hydroxylation is 1. The lowest BCUT2D eigenvalue weighted by molar-refractivity contribution is -0.380. The SMILES string of the molecule is CCn1c(=NC(=O)c2ccc([N+](=O)[O-])s2)sc2cc3c(cc21)OCCO3. The van der Waals surface area contributed by atoms with Crippen molar-refractivity contribution in [2.75, 3.05) is 13.2 Å². The minimum absolute atomic E-state index is 0.0785. The molecule has 3 aromatic rings. The number of benzene rings is 1. The third-order valence-corrected chi connectivity index (χ3v) is 5.91. The predicted molar refractivity (Wildman–Crippen MR) is 97.3 cm³/mol. The van der Waals surface area contributed by atoms with Gasteiger partial charge in [-0.05, 0) is 13.0 Å². The number of carbonyl (C=O) groups is 1. The molecular formula is C16H13N3O5S2. The van der Waals surface area contributed by atoms with E-state index in [1.54, 1.807) is 0 Å². The van der Waals surface area contributed by atoms with Crippen LogP contribution in [0.25, 0.3) is 10.2 Å². The molecule has 26 heavy (non-hydrogen) atoms. The van der Waals surface area contributed by atoms with Gasteiger partial charge in [0, 0.05) is 24.7 Å². The summed E-state index contributed by atoms with van der Waals surface area (Å²) in [5.74, 6) is 0.865. The Morgan fingerprint density at radius 1 is 1.27 bits per heavy atom. The Morgan fingerprint density at radius 3 is 2.65 bits per heavy atom. The second-order valence-electron chi connectivity index (χ2n) is 5.40. The fourth-order valence-corrected chi connectivity index (χ4v) is 4.49. The molecule has 1 amide bonds.